The second-order valence-electron chi connectivity index (χ2n) is 7.52. The molecule has 1 fully saturated rings. The number of para-hydroxylation sites is 2. The van der Waals surface area contributed by atoms with Gasteiger partial charge in [-0.2, -0.15) is 5.10 Å². The lowest BCUT2D eigenvalue weighted by molar-refractivity contribution is -0.117. The number of hydrogen-bond acceptors (Lipinski definition) is 4. The molecule has 0 bridgehead atoms. The molecule has 4 rings (SSSR count). The fourth-order valence-electron chi connectivity index (χ4n) is 3.81. The first-order chi connectivity index (χ1) is 14.1. The molecule has 1 amide bonds. The van der Waals surface area contributed by atoms with Gasteiger partial charge in [-0.25, -0.2) is 4.68 Å². The average Bonchev–Trinajstić information content (AvgIpc) is 3.09. The van der Waals surface area contributed by atoms with Crippen molar-refractivity contribution in [1.82, 2.24) is 14.7 Å². The summed E-state index contributed by atoms with van der Waals surface area (Å²) in [5, 5.41) is 7.55. The molecule has 150 valence electrons. The van der Waals surface area contributed by atoms with E-state index in [-0.39, 0.29) is 5.91 Å². The number of anilines is 2. The van der Waals surface area contributed by atoms with Crippen LogP contribution in [0, 0.1) is 13.8 Å². The number of piperazine rings is 1. The second kappa shape index (κ2) is 8.49. The molecule has 1 saturated heterocycles. The number of aryl methyl sites for hydroxylation is 2. The van der Waals surface area contributed by atoms with Gasteiger partial charge in [-0.1, -0.05) is 36.4 Å². The van der Waals surface area contributed by atoms with Gasteiger partial charge in [0.1, 0.15) is 5.82 Å². The molecule has 0 radical (unpaired) electrons. The highest BCUT2D eigenvalue weighted by molar-refractivity contribution is 5.91. The van der Waals surface area contributed by atoms with Crippen molar-refractivity contribution >= 4 is 17.4 Å². The van der Waals surface area contributed by atoms with Crippen LogP contribution in [0.4, 0.5) is 11.5 Å². The molecular weight excluding hydrogens is 362 g/mol. The highest BCUT2D eigenvalue weighted by atomic mass is 16.2. The molecule has 0 unspecified atom stereocenters. The Morgan fingerprint density at radius 2 is 1.66 bits per heavy atom. The summed E-state index contributed by atoms with van der Waals surface area (Å²) < 4.78 is 1.78. The molecule has 29 heavy (non-hydrogen) atoms. The topological polar surface area (TPSA) is 53.4 Å². The van der Waals surface area contributed by atoms with Crippen molar-refractivity contribution < 1.29 is 4.79 Å². The van der Waals surface area contributed by atoms with Gasteiger partial charge in [-0.05, 0) is 37.6 Å². The zero-order valence-corrected chi connectivity index (χ0v) is 17.0. The van der Waals surface area contributed by atoms with E-state index in [4.69, 9.17) is 0 Å². The van der Waals surface area contributed by atoms with Gasteiger partial charge in [-0.15, -0.1) is 0 Å². The summed E-state index contributed by atoms with van der Waals surface area (Å²) in [6.45, 7) is 8.07. The molecule has 1 N–H and O–H groups in total. The standard InChI is InChI=1S/C23H27N5O/c1-18-8-6-7-11-21(18)27-14-12-26(13-15-27)17-23(29)24-22-16-19(2)25-28(22)20-9-4-3-5-10-20/h3-11,16H,12-15,17H2,1-2H3,(H,24,29). The quantitative estimate of drug-likeness (QED) is 0.728. The Hall–Kier alpha value is -3.12. The molecule has 1 aliphatic heterocycles. The molecule has 2 aromatic carbocycles. The predicted octanol–water partition coefficient (Wildman–Crippen LogP) is 3.25. The summed E-state index contributed by atoms with van der Waals surface area (Å²) in [5.74, 6) is 0.698. The third-order valence-electron chi connectivity index (χ3n) is 5.30. The minimum absolute atomic E-state index is 0.00794. The highest BCUT2D eigenvalue weighted by Gasteiger charge is 2.20. The highest BCUT2D eigenvalue weighted by Crippen LogP contribution is 2.21. The van der Waals surface area contributed by atoms with Crippen LogP contribution in [0.3, 0.4) is 0 Å². The van der Waals surface area contributed by atoms with E-state index in [9.17, 15) is 4.79 Å². The van der Waals surface area contributed by atoms with Crippen LogP contribution in [-0.4, -0.2) is 53.3 Å². The Morgan fingerprint density at radius 1 is 0.966 bits per heavy atom. The van der Waals surface area contributed by atoms with Crippen LogP contribution in [0.5, 0.6) is 0 Å². The fourth-order valence-corrected chi connectivity index (χ4v) is 3.81. The zero-order chi connectivity index (χ0) is 20.2. The minimum atomic E-state index is -0.00794. The first-order valence-electron chi connectivity index (χ1n) is 10.0. The van der Waals surface area contributed by atoms with Gasteiger partial charge in [0.05, 0.1) is 17.9 Å². The number of carbonyl (C=O) groups excluding carboxylic acids is 1. The number of carbonyl (C=O) groups is 1. The van der Waals surface area contributed by atoms with E-state index in [1.165, 1.54) is 11.3 Å². The first-order valence-corrected chi connectivity index (χ1v) is 10.0. The Labute approximate surface area is 171 Å². The SMILES string of the molecule is Cc1cc(NC(=O)CN2CCN(c3ccccc3C)CC2)n(-c2ccccc2)n1. The summed E-state index contributed by atoms with van der Waals surface area (Å²) in [7, 11) is 0. The van der Waals surface area contributed by atoms with Crippen molar-refractivity contribution in [3.63, 3.8) is 0 Å². The molecule has 1 aromatic heterocycles. The number of rotatable bonds is 5. The molecule has 2 heterocycles. The Bertz CT molecular complexity index is 974. The van der Waals surface area contributed by atoms with Gasteiger partial charge in [0.2, 0.25) is 5.91 Å². The Morgan fingerprint density at radius 3 is 2.38 bits per heavy atom. The number of nitrogens with one attached hydrogen (secondary N) is 1. The Kier molecular flexibility index (Phi) is 5.62. The van der Waals surface area contributed by atoms with Gasteiger partial charge in [0.15, 0.2) is 0 Å². The lowest BCUT2D eigenvalue weighted by atomic mass is 10.1. The van der Waals surface area contributed by atoms with Crippen LogP contribution in [0.2, 0.25) is 0 Å². The summed E-state index contributed by atoms with van der Waals surface area (Å²) in [6.07, 6.45) is 0. The lowest BCUT2D eigenvalue weighted by Crippen LogP contribution is -2.48. The maximum Gasteiger partial charge on any atom is 0.239 e. The molecule has 0 saturated carbocycles. The summed E-state index contributed by atoms with van der Waals surface area (Å²) in [6, 6.07) is 20.2. The molecule has 0 atom stereocenters. The van der Waals surface area contributed by atoms with E-state index in [2.05, 4.69) is 51.4 Å². The third kappa shape index (κ3) is 4.49. The normalized spacial score (nSPS) is 14.8. The van der Waals surface area contributed by atoms with Gasteiger partial charge in [0.25, 0.3) is 0 Å². The first kappa shape index (κ1) is 19.2. The van der Waals surface area contributed by atoms with Gasteiger partial charge >= 0.3 is 0 Å². The van der Waals surface area contributed by atoms with Crippen molar-refractivity contribution in [3.8, 4) is 5.69 Å². The third-order valence-corrected chi connectivity index (χ3v) is 5.30. The fraction of sp³-hybridized carbons (Fsp3) is 0.304. The van der Waals surface area contributed by atoms with Gasteiger partial charge in [-0.3, -0.25) is 9.69 Å². The minimum Gasteiger partial charge on any atom is -0.369 e. The van der Waals surface area contributed by atoms with Gasteiger partial charge in [0, 0.05) is 37.9 Å². The van der Waals surface area contributed by atoms with Gasteiger partial charge < -0.3 is 10.2 Å². The molecule has 6 nitrogen and oxygen atoms in total. The van der Waals surface area contributed by atoms with Crippen LogP contribution in [-0.2, 0) is 4.79 Å². The summed E-state index contributed by atoms with van der Waals surface area (Å²) in [4.78, 5) is 17.3. The predicted molar refractivity (Wildman–Crippen MR) is 117 cm³/mol. The lowest BCUT2D eigenvalue weighted by Gasteiger charge is -2.36. The van der Waals surface area contributed by atoms with Crippen molar-refractivity contribution in [2.45, 2.75) is 13.8 Å². The van der Waals surface area contributed by atoms with Crippen LogP contribution >= 0.6 is 0 Å². The van der Waals surface area contributed by atoms with E-state index in [1.54, 1.807) is 4.68 Å². The molecule has 3 aromatic rings. The summed E-state index contributed by atoms with van der Waals surface area (Å²) in [5.41, 5.74) is 4.39. The largest absolute Gasteiger partial charge is 0.369 e. The average molecular weight is 390 g/mol. The zero-order valence-electron chi connectivity index (χ0n) is 17.0. The van der Waals surface area contributed by atoms with E-state index >= 15 is 0 Å². The molecule has 6 heteroatoms. The molecule has 1 aliphatic rings. The van der Waals surface area contributed by atoms with Crippen LogP contribution in [0.1, 0.15) is 11.3 Å². The van der Waals surface area contributed by atoms with E-state index in [0.29, 0.717) is 12.4 Å². The number of benzene rings is 2. The van der Waals surface area contributed by atoms with Crippen LogP contribution < -0.4 is 10.2 Å². The van der Waals surface area contributed by atoms with Crippen LogP contribution in [0.15, 0.2) is 60.7 Å². The number of hydrogen-bond donors (Lipinski definition) is 1. The van der Waals surface area contributed by atoms with E-state index in [0.717, 1.165) is 37.6 Å². The number of nitrogens with zero attached hydrogens (tertiary/aromatic N) is 4. The van der Waals surface area contributed by atoms with Crippen molar-refractivity contribution in [3.05, 3.63) is 71.9 Å². The van der Waals surface area contributed by atoms with Crippen molar-refractivity contribution in [2.24, 2.45) is 0 Å². The van der Waals surface area contributed by atoms with E-state index < -0.39 is 0 Å². The molecular formula is C23H27N5O. The monoisotopic (exact) mass is 389 g/mol. The van der Waals surface area contributed by atoms with Crippen molar-refractivity contribution in [2.75, 3.05) is 42.9 Å². The number of aromatic nitrogens is 2. The van der Waals surface area contributed by atoms with E-state index in [1.807, 2.05) is 43.3 Å². The maximum atomic E-state index is 12.7. The summed E-state index contributed by atoms with van der Waals surface area (Å²) >= 11 is 0. The number of amides is 1. The molecule has 0 aliphatic carbocycles. The van der Waals surface area contributed by atoms with Crippen molar-refractivity contribution in [1.29, 1.82) is 0 Å². The Balaban J connectivity index is 1.35. The molecule has 0 spiro atoms. The smallest absolute Gasteiger partial charge is 0.239 e. The second-order valence-corrected chi connectivity index (χ2v) is 7.52. The van der Waals surface area contributed by atoms with Crippen LogP contribution in [0.25, 0.3) is 5.69 Å². The maximum absolute atomic E-state index is 12.7.